The van der Waals surface area contributed by atoms with Gasteiger partial charge in [-0.2, -0.15) is 0 Å². The lowest BCUT2D eigenvalue weighted by Crippen LogP contribution is -2.04. The third-order valence-electron chi connectivity index (χ3n) is 2.08. The summed E-state index contributed by atoms with van der Waals surface area (Å²) in [4.78, 5) is 10.7. The molecule has 64 valence electrons. The fourth-order valence-electron chi connectivity index (χ4n) is 1.32. The van der Waals surface area contributed by atoms with Crippen LogP contribution in [-0.2, 0) is 9.53 Å². The Labute approximate surface area is 67.9 Å². The molecule has 1 saturated heterocycles. The van der Waals surface area contributed by atoms with Crippen LogP contribution in [0.4, 0.5) is 0 Å². The fraction of sp³-hybridized carbons (Fsp3) is 0.889. The molecule has 11 heavy (non-hydrogen) atoms. The molecule has 0 bridgehead atoms. The van der Waals surface area contributed by atoms with Crippen LogP contribution in [-0.4, -0.2) is 18.0 Å². The Hall–Kier alpha value is -0.370. The summed E-state index contributed by atoms with van der Waals surface area (Å²) in [6, 6.07) is 0. The monoisotopic (exact) mass is 156 g/mol. The summed E-state index contributed by atoms with van der Waals surface area (Å²) in [7, 11) is 0. The van der Waals surface area contributed by atoms with Crippen LogP contribution < -0.4 is 0 Å². The molecule has 0 radical (unpaired) electrons. The van der Waals surface area contributed by atoms with Gasteiger partial charge in [0.25, 0.3) is 0 Å². The van der Waals surface area contributed by atoms with Crippen LogP contribution in [0.25, 0.3) is 0 Å². The standard InChI is InChI=1S/C9H16O2/c1-3-4-5-6-8-9(11-8)7(2)10/h8-9H,3-6H2,1-2H3/t8-,9-/m1/s1. The van der Waals surface area contributed by atoms with Gasteiger partial charge in [-0.15, -0.1) is 0 Å². The highest BCUT2D eigenvalue weighted by Gasteiger charge is 2.41. The Kier molecular flexibility index (Phi) is 3.06. The second-order valence-corrected chi connectivity index (χ2v) is 3.20. The number of unbranched alkanes of at least 4 members (excludes halogenated alkanes) is 2. The van der Waals surface area contributed by atoms with Gasteiger partial charge in [0, 0.05) is 0 Å². The van der Waals surface area contributed by atoms with Gasteiger partial charge in [0.1, 0.15) is 6.10 Å². The Bertz CT molecular complexity index is 142. The first kappa shape index (κ1) is 8.72. The quantitative estimate of drug-likeness (QED) is 0.449. The summed E-state index contributed by atoms with van der Waals surface area (Å²) in [6.07, 6.45) is 4.97. The number of ether oxygens (including phenoxy) is 1. The molecule has 0 amide bonds. The van der Waals surface area contributed by atoms with Gasteiger partial charge in [0.2, 0.25) is 0 Å². The highest BCUT2D eigenvalue weighted by molar-refractivity contribution is 5.83. The van der Waals surface area contributed by atoms with E-state index in [-0.39, 0.29) is 18.0 Å². The molecule has 2 heteroatoms. The third kappa shape index (κ3) is 2.62. The molecule has 0 N–H and O–H groups in total. The predicted molar refractivity (Wildman–Crippen MR) is 43.5 cm³/mol. The smallest absolute Gasteiger partial charge is 0.161 e. The summed E-state index contributed by atoms with van der Waals surface area (Å²) in [5.74, 6) is 0.187. The van der Waals surface area contributed by atoms with E-state index in [1.165, 1.54) is 19.3 Å². The van der Waals surface area contributed by atoms with Crippen molar-refractivity contribution in [3.63, 3.8) is 0 Å². The Morgan fingerprint density at radius 2 is 2.18 bits per heavy atom. The molecule has 1 aliphatic heterocycles. The van der Waals surface area contributed by atoms with E-state index in [1.54, 1.807) is 6.92 Å². The first-order valence-corrected chi connectivity index (χ1v) is 4.41. The lowest BCUT2D eigenvalue weighted by Gasteiger charge is -1.92. The van der Waals surface area contributed by atoms with Crippen molar-refractivity contribution in [1.82, 2.24) is 0 Å². The second kappa shape index (κ2) is 3.86. The SMILES string of the molecule is CCCCC[C@H]1O[C@@H]1C(C)=O. The molecular formula is C9H16O2. The third-order valence-corrected chi connectivity index (χ3v) is 2.08. The fourth-order valence-corrected chi connectivity index (χ4v) is 1.32. The molecule has 1 fully saturated rings. The molecule has 1 aliphatic rings. The largest absolute Gasteiger partial charge is 0.361 e. The van der Waals surface area contributed by atoms with E-state index in [9.17, 15) is 4.79 Å². The molecule has 0 aromatic heterocycles. The van der Waals surface area contributed by atoms with Crippen LogP contribution in [0.5, 0.6) is 0 Å². The van der Waals surface area contributed by atoms with E-state index < -0.39 is 0 Å². The maximum atomic E-state index is 10.7. The van der Waals surface area contributed by atoms with Crippen molar-refractivity contribution in [1.29, 1.82) is 0 Å². The topological polar surface area (TPSA) is 29.6 Å². The average Bonchev–Trinajstić information content (AvgIpc) is 2.68. The zero-order valence-corrected chi connectivity index (χ0v) is 7.30. The minimum atomic E-state index is -0.0492. The first-order valence-electron chi connectivity index (χ1n) is 4.41. The molecule has 0 aromatic rings. The molecule has 2 nitrogen and oxygen atoms in total. The highest BCUT2D eigenvalue weighted by Crippen LogP contribution is 2.27. The van der Waals surface area contributed by atoms with Gasteiger partial charge in [-0.05, 0) is 13.3 Å². The molecule has 0 unspecified atom stereocenters. The minimum absolute atomic E-state index is 0.0492. The molecule has 1 rings (SSSR count). The zero-order valence-electron chi connectivity index (χ0n) is 7.30. The minimum Gasteiger partial charge on any atom is -0.361 e. The molecular weight excluding hydrogens is 140 g/mol. The van der Waals surface area contributed by atoms with Crippen LogP contribution in [0.15, 0.2) is 0 Å². The number of hydrogen-bond acceptors (Lipinski definition) is 2. The van der Waals surface area contributed by atoms with E-state index in [4.69, 9.17) is 4.74 Å². The van der Waals surface area contributed by atoms with E-state index >= 15 is 0 Å². The van der Waals surface area contributed by atoms with Crippen molar-refractivity contribution in [3.05, 3.63) is 0 Å². The van der Waals surface area contributed by atoms with Gasteiger partial charge in [-0.25, -0.2) is 0 Å². The number of carbonyl (C=O) groups is 1. The summed E-state index contributed by atoms with van der Waals surface area (Å²) < 4.78 is 5.18. The van der Waals surface area contributed by atoms with Crippen molar-refractivity contribution in [2.75, 3.05) is 0 Å². The van der Waals surface area contributed by atoms with Crippen molar-refractivity contribution < 1.29 is 9.53 Å². The van der Waals surface area contributed by atoms with Gasteiger partial charge in [0.15, 0.2) is 5.78 Å². The first-order chi connectivity index (χ1) is 5.25. The van der Waals surface area contributed by atoms with Crippen molar-refractivity contribution in [2.24, 2.45) is 0 Å². The van der Waals surface area contributed by atoms with E-state index in [2.05, 4.69) is 6.92 Å². The lowest BCUT2D eigenvalue weighted by molar-refractivity contribution is -0.118. The molecule has 1 heterocycles. The maximum Gasteiger partial charge on any atom is 0.161 e. The van der Waals surface area contributed by atoms with Crippen LogP contribution in [0.1, 0.15) is 39.5 Å². The Balaban J connectivity index is 2.00. The zero-order chi connectivity index (χ0) is 8.27. The van der Waals surface area contributed by atoms with Gasteiger partial charge in [-0.1, -0.05) is 26.2 Å². The number of epoxide rings is 1. The number of rotatable bonds is 5. The Morgan fingerprint density at radius 3 is 2.64 bits per heavy atom. The van der Waals surface area contributed by atoms with Crippen molar-refractivity contribution >= 4 is 5.78 Å². The summed E-state index contributed by atoms with van der Waals surface area (Å²) in [5, 5.41) is 0. The van der Waals surface area contributed by atoms with Gasteiger partial charge >= 0.3 is 0 Å². The summed E-state index contributed by atoms with van der Waals surface area (Å²) >= 11 is 0. The van der Waals surface area contributed by atoms with E-state index in [0.717, 1.165) is 6.42 Å². The normalized spacial score (nSPS) is 28.5. The number of ketones is 1. The molecule has 2 atom stereocenters. The van der Waals surface area contributed by atoms with Crippen LogP contribution in [0, 0.1) is 0 Å². The van der Waals surface area contributed by atoms with Gasteiger partial charge in [0.05, 0.1) is 6.10 Å². The average molecular weight is 156 g/mol. The number of hydrogen-bond donors (Lipinski definition) is 0. The van der Waals surface area contributed by atoms with Crippen molar-refractivity contribution in [3.8, 4) is 0 Å². The molecule has 0 aliphatic carbocycles. The Morgan fingerprint density at radius 1 is 1.45 bits per heavy atom. The van der Waals surface area contributed by atoms with E-state index in [1.807, 2.05) is 0 Å². The molecule has 0 aromatic carbocycles. The highest BCUT2D eigenvalue weighted by atomic mass is 16.6. The van der Waals surface area contributed by atoms with Gasteiger partial charge in [-0.3, -0.25) is 4.79 Å². The summed E-state index contributed by atoms with van der Waals surface area (Å²) in [6.45, 7) is 3.78. The molecule has 0 spiro atoms. The second-order valence-electron chi connectivity index (χ2n) is 3.20. The van der Waals surface area contributed by atoms with Gasteiger partial charge < -0.3 is 4.74 Å². The predicted octanol–water partition coefficient (Wildman–Crippen LogP) is 1.92. The van der Waals surface area contributed by atoms with Crippen molar-refractivity contribution in [2.45, 2.75) is 51.7 Å². The van der Waals surface area contributed by atoms with Crippen LogP contribution in [0.2, 0.25) is 0 Å². The maximum absolute atomic E-state index is 10.7. The van der Waals surface area contributed by atoms with Crippen LogP contribution >= 0.6 is 0 Å². The number of carbonyl (C=O) groups excluding carboxylic acids is 1. The lowest BCUT2D eigenvalue weighted by atomic mass is 10.1. The number of Topliss-reactive ketones (excluding diaryl/α,β-unsaturated/α-hetero) is 1. The van der Waals surface area contributed by atoms with Crippen LogP contribution in [0.3, 0.4) is 0 Å². The molecule has 0 saturated carbocycles. The van der Waals surface area contributed by atoms with E-state index in [0.29, 0.717) is 0 Å². The summed E-state index contributed by atoms with van der Waals surface area (Å²) in [5.41, 5.74) is 0.